The van der Waals surface area contributed by atoms with Crippen LogP contribution in [0, 0.1) is 5.82 Å². The third-order valence-electron chi connectivity index (χ3n) is 2.03. The molecule has 0 bridgehead atoms. The number of halogens is 2. The van der Waals surface area contributed by atoms with Gasteiger partial charge in [0.2, 0.25) is 0 Å². The van der Waals surface area contributed by atoms with Crippen LogP contribution in [0.3, 0.4) is 0 Å². The molecule has 2 unspecified atom stereocenters. The van der Waals surface area contributed by atoms with Gasteiger partial charge in [0.05, 0.1) is 17.5 Å². The monoisotopic (exact) mass is 232 g/mol. The summed E-state index contributed by atoms with van der Waals surface area (Å²) in [6.45, 7) is 0. The summed E-state index contributed by atoms with van der Waals surface area (Å²) < 4.78 is 13.5. The second-order valence-corrected chi connectivity index (χ2v) is 3.34. The van der Waals surface area contributed by atoms with Gasteiger partial charge in [0.25, 0.3) is 0 Å². The molecule has 15 heavy (non-hydrogen) atoms. The number of alkyl halides is 1. The highest BCUT2D eigenvalue weighted by Gasteiger charge is 2.21. The third-order valence-corrected chi connectivity index (χ3v) is 2.34. The van der Waals surface area contributed by atoms with Crippen LogP contribution < -0.4 is 0 Å². The number of aliphatic hydroxyl groups excluding tert-OH is 2. The molecule has 0 amide bonds. The van der Waals surface area contributed by atoms with Gasteiger partial charge in [0, 0.05) is 5.56 Å². The maximum Gasteiger partial charge on any atom is 0.153 e. The van der Waals surface area contributed by atoms with Gasteiger partial charge in [-0.25, -0.2) is 4.39 Å². The van der Waals surface area contributed by atoms with E-state index in [1.165, 1.54) is 18.2 Å². The Morgan fingerprint density at radius 2 is 2.13 bits per heavy atom. The van der Waals surface area contributed by atoms with Crippen molar-refractivity contribution in [2.75, 3.05) is 5.88 Å². The average molecular weight is 233 g/mol. The quantitative estimate of drug-likeness (QED) is 0.607. The zero-order valence-corrected chi connectivity index (χ0v) is 8.49. The van der Waals surface area contributed by atoms with Crippen LogP contribution in [0.1, 0.15) is 22.0 Å². The van der Waals surface area contributed by atoms with Crippen LogP contribution >= 0.6 is 11.6 Å². The van der Waals surface area contributed by atoms with Crippen molar-refractivity contribution in [2.45, 2.75) is 12.2 Å². The first-order valence-electron chi connectivity index (χ1n) is 4.27. The summed E-state index contributed by atoms with van der Waals surface area (Å²) in [5, 5.41) is 18.7. The summed E-state index contributed by atoms with van der Waals surface area (Å²) in [7, 11) is 0. The zero-order valence-electron chi connectivity index (χ0n) is 7.73. The van der Waals surface area contributed by atoms with Crippen LogP contribution in [0.25, 0.3) is 0 Å². The first-order valence-corrected chi connectivity index (χ1v) is 4.81. The number of rotatable bonds is 4. The van der Waals surface area contributed by atoms with Crippen molar-refractivity contribution in [1.82, 2.24) is 0 Å². The molecular formula is C10H10ClFO3. The molecule has 0 aliphatic carbocycles. The third kappa shape index (κ3) is 2.53. The van der Waals surface area contributed by atoms with E-state index in [2.05, 4.69) is 0 Å². The van der Waals surface area contributed by atoms with E-state index in [9.17, 15) is 19.4 Å². The van der Waals surface area contributed by atoms with Gasteiger partial charge in [-0.1, -0.05) is 12.1 Å². The lowest BCUT2D eigenvalue weighted by molar-refractivity contribution is 0.0304. The van der Waals surface area contributed by atoms with Crippen molar-refractivity contribution in [3.63, 3.8) is 0 Å². The second-order valence-electron chi connectivity index (χ2n) is 3.03. The fourth-order valence-electron chi connectivity index (χ4n) is 1.18. The first kappa shape index (κ1) is 12.1. The van der Waals surface area contributed by atoms with Gasteiger partial charge in [-0.3, -0.25) is 4.79 Å². The normalized spacial score (nSPS) is 14.7. The number of aldehydes is 1. The number of benzene rings is 1. The standard InChI is InChI=1S/C10H10ClFO3/c11-4-8(14)10(15)7-3-1-2-6(5-13)9(7)12/h1-3,5,8,10,14-15H,4H2. The van der Waals surface area contributed by atoms with Gasteiger partial charge < -0.3 is 10.2 Å². The minimum atomic E-state index is -1.43. The van der Waals surface area contributed by atoms with E-state index >= 15 is 0 Å². The molecular weight excluding hydrogens is 223 g/mol. The number of carbonyl (C=O) groups excluding carboxylic acids is 1. The van der Waals surface area contributed by atoms with Crippen LogP contribution in [0.4, 0.5) is 4.39 Å². The van der Waals surface area contributed by atoms with Gasteiger partial charge in [0.15, 0.2) is 6.29 Å². The highest BCUT2D eigenvalue weighted by Crippen LogP contribution is 2.22. The minimum Gasteiger partial charge on any atom is -0.389 e. The van der Waals surface area contributed by atoms with Crippen LogP contribution in [0.5, 0.6) is 0 Å². The molecule has 0 heterocycles. The van der Waals surface area contributed by atoms with Gasteiger partial charge in [0.1, 0.15) is 11.9 Å². The van der Waals surface area contributed by atoms with Crippen molar-refractivity contribution < 1.29 is 19.4 Å². The summed E-state index contributed by atoms with van der Waals surface area (Å²) >= 11 is 5.32. The van der Waals surface area contributed by atoms with Gasteiger partial charge in [-0.05, 0) is 6.07 Å². The zero-order chi connectivity index (χ0) is 11.4. The molecule has 1 aromatic carbocycles. The van der Waals surface area contributed by atoms with E-state index in [0.717, 1.165) is 0 Å². The van der Waals surface area contributed by atoms with Crippen molar-refractivity contribution in [2.24, 2.45) is 0 Å². The predicted octanol–water partition coefficient (Wildman–Crippen LogP) is 1.27. The van der Waals surface area contributed by atoms with E-state index in [1.54, 1.807) is 0 Å². The molecule has 0 aliphatic heterocycles. The molecule has 0 saturated carbocycles. The second kappa shape index (κ2) is 5.21. The van der Waals surface area contributed by atoms with Crippen LogP contribution in [0.15, 0.2) is 18.2 Å². The highest BCUT2D eigenvalue weighted by molar-refractivity contribution is 6.18. The number of hydrogen-bond donors (Lipinski definition) is 2. The largest absolute Gasteiger partial charge is 0.389 e. The Hall–Kier alpha value is -0.970. The summed E-state index contributed by atoms with van der Waals surface area (Å²) in [5.74, 6) is -1.05. The molecule has 1 rings (SSSR count). The van der Waals surface area contributed by atoms with Crippen molar-refractivity contribution in [3.8, 4) is 0 Å². The molecule has 0 aliphatic rings. The first-order chi connectivity index (χ1) is 7.11. The molecule has 0 aromatic heterocycles. The number of aliphatic hydroxyl groups is 2. The predicted molar refractivity (Wildman–Crippen MR) is 53.5 cm³/mol. The lowest BCUT2D eigenvalue weighted by atomic mass is 10.0. The number of carbonyl (C=O) groups is 1. The molecule has 0 fully saturated rings. The molecule has 0 radical (unpaired) electrons. The smallest absolute Gasteiger partial charge is 0.153 e. The molecule has 2 atom stereocenters. The van der Waals surface area contributed by atoms with Gasteiger partial charge in [-0.2, -0.15) is 0 Å². The Morgan fingerprint density at radius 3 is 2.67 bits per heavy atom. The van der Waals surface area contributed by atoms with Gasteiger partial charge in [-0.15, -0.1) is 11.6 Å². The summed E-state index contributed by atoms with van der Waals surface area (Å²) in [6, 6.07) is 4.00. The Labute approximate surface area is 91.1 Å². The maximum atomic E-state index is 13.5. The van der Waals surface area contributed by atoms with Crippen LogP contribution in [-0.2, 0) is 0 Å². The lowest BCUT2D eigenvalue weighted by Gasteiger charge is -2.16. The molecule has 0 spiro atoms. The van der Waals surface area contributed by atoms with E-state index in [0.29, 0.717) is 6.29 Å². The van der Waals surface area contributed by atoms with Crippen molar-refractivity contribution in [3.05, 3.63) is 35.1 Å². The molecule has 3 nitrogen and oxygen atoms in total. The van der Waals surface area contributed by atoms with E-state index < -0.39 is 18.0 Å². The Morgan fingerprint density at radius 1 is 1.47 bits per heavy atom. The Balaban J connectivity index is 3.09. The Kier molecular flexibility index (Phi) is 4.20. The van der Waals surface area contributed by atoms with E-state index in [1.807, 2.05) is 0 Å². The van der Waals surface area contributed by atoms with Crippen LogP contribution in [-0.4, -0.2) is 28.5 Å². The fraction of sp³-hybridized carbons (Fsp3) is 0.300. The SMILES string of the molecule is O=Cc1cccc(C(O)C(O)CCl)c1F. The topological polar surface area (TPSA) is 57.5 Å². The minimum absolute atomic E-state index is 0.132. The average Bonchev–Trinajstić information content (AvgIpc) is 2.27. The van der Waals surface area contributed by atoms with E-state index in [-0.39, 0.29) is 17.0 Å². The summed E-state index contributed by atoms with van der Waals surface area (Å²) in [6.07, 6.45) is -2.34. The molecule has 0 saturated heterocycles. The van der Waals surface area contributed by atoms with Crippen molar-refractivity contribution in [1.29, 1.82) is 0 Å². The molecule has 2 N–H and O–H groups in total. The fourth-order valence-corrected chi connectivity index (χ4v) is 1.35. The summed E-state index contributed by atoms with van der Waals surface area (Å²) in [4.78, 5) is 10.4. The highest BCUT2D eigenvalue weighted by atomic mass is 35.5. The van der Waals surface area contributed by atoms with Crippen LogP contribution in [0.2, 0.25) is 0 Å². The molecule has 1 aromatic rings. The lowest BCUT2D eigenvalue weighted by Crippen LogP contribution is -2.21. The number of hydrogen-bond acceptors (Lipinski definition) is 3. The van der Waals surface area contributed by atoms with Crippen molar-refractivity contribution >= 4 is 17.9 Å². The maximum absolute atomic E-state index is 13.5. The van der Waals surface area contributed by atoms with E-state index in [4.69, 9.17) is 11.6 Å². The van der Waals surface area contributed by atoms with Gasteiger partial charge >= 0.3 is 0 Å². The molecule has 5 heteroatoms. The molecule has 82 valence electrons. The summed E-state index contributed by atoms with van der Waals surface area (Å²) in [5.41, 5.74) is -0.291. The Bertz CT molecular complexity index is 357.